The van der Waals surface area contributed by atoms with Gasteiger partial charge >= 0.3 is 0 Å². The van der Waals surface area contributed by atoms with Crippen LogP contribution in [0.15, 0.2) is 48.5 Å². The molecule has 0 heterocycles. The van der Waals surface area contributed by atoms with Crippen LogP contribution in [0.25, 0.3) is 0 Å². The summed E-state index contributed by atoms with van der Waals surface area (Å²) in [7, 11) is 1.46. The van der Waals surface area contributed by atoms with Crippen molar-refractivity contribution in [3.63, 3.8) is 0 Å². The van der Waals surface area contributed by atoms with Crippen molar-refractivity contribution in [2.24, 2.45) is 5.41 Å². The molecule has 1 amide bonds. The first-order valence-electron chi connectivity index (χ1n) is 9.02. The average Bonchev–Trinajstić information content (AvgIpc) is 2.62. The zero-order valence-electron chi connectivity index (χ0n) is 16.2. The molecule has 4 heteroatoms. The Balaban J connectivity index is 1.98. The number of carbonyl (C=O) groups is 1. The Morgan fingerprint density at radius 1 is 1.12 bits per heavy atom. The SMILES string of the molecule is CONC(=O)C(C)(CCCOc1cc(C)ccc1C)Cc1ccccc1. The third kappa shape index (κ3) is 5.60. The van der Waals surface area contributed by atoms with Crippen LogP contribution >= 0.6 is 0 Å². The summed E-state index contributed by atoms with van der Waals surface area (Å²) >= 11 is 0. The number of aryl methyl sites for hydroxylation is 2. The first-order chi connectivity index (χ1) is 12.4. The van der Waals surface area contributed by atoms with Crippen LogP contribution in [0, 0.1) is 19.3 Å². The molecule has 2 rings (SSSR count). The number of hydrogen-bond donors (Lipinski definition) is 1. The van der Waals surface area contributed by atoms with Crippen LogP contribution in [-0.2, 0) is 16.1 Å². The highest BCUT2D eigenvalue weighted by Crippen LogP contribution is 2.29. The van der Waals surface area contributed by atoms with E-state index in [1.165, 1.54) is 12.7 Å². The second-order valence-electron chi connectivity index (χ2n) is 7.08. The first kappa shape index (κ1) is 20.0. The summed E-state index contributed by atoms with van der Waals surface area (Å²) < 4.78 is 5.94. The predicted molar refractivity (Wildman–Crippen MR) is 104 cm³/mol. The maximum absolute atomic E-state index is 12.6. The Labute approximate surface area is 156 Å². The van der Waals surface area contributed by atoms with Gasteiger partial charge in [-0.25, -0.2) is 5.48 Å². The highest BCUT2D eigenvalue weighted by molar-refractivity contribution is 5.81. The molecule has 2 aromatic rings. The number of carbonyl (C=O) groups excluding carboxylic acids is 1. The lowest BCUT2D eigenvalue weighted by molar-refractivity contribution is -0.141. The second-order valence-corrected chi connectivity index (χ2v) is 7.08. The van der Waals surface area contributed by atoms with Crippen LogP contribution in [0.3, 0.4) is 0 Å². The van der Waals surface area contributed by atoms with Crippen LogP contribution in [0.5, 0.6) is 5.75 Å². The van der Waals surface area contributed by atoms with Gasteiger partial charge in [-0.05, 0) is 55.9 Å². The molecule has 0 radical (unpaired) electrons. The fourth-order valence-electron chi connectivity index (χ4n) is 3.05. The van der Waals surface area contributed by atoms with Gasteiger partial charge in [0, 0.05) is 0 Å². The molecule has 2 aromatic carbocycles. The van der Waals surface area contributed by atoms with Gasteiger partial charge < -0.3 is 4.74 Å². The lowest BCUT2D eigenvalue weighted by atomic mass is 9.79. The van der Waals surface area contributed by atoms with Gasteiger partial charge in [0.15, 0.2) is 0 Å². The molecule has 0 aromatic heterocycles. The summed E-state index contributed by atoms with van der Waals surface area (Å²) in [5.41, 5.74) is 5.39. The zero-order valence-corrected chi connectivity index (χ0v) is 16.2. The standard InChI is InChI=1S/C22H29NO3/c1-17-11-12-18(2)20(15-17)26-14-8-13-22(3,21(24)23-25-4)16-19-9-6-5-7-10-19/h5-7,9-12,15H,8,13-14,16H2,1-4H3,(H,23,24). The smallest absolute Gasteiger partial charge is 0.249 e. The van der Waals surface area contributed by atoms with Crippen LogP contribution in [-0.4, -0.2) is 19.6 Å². The van der Waals surface area contributed by atoms with Crippen LogP contribution < -0.4 is 10.2 Å². The molecule has 0 fully saturated rings. The van der Waals surface area contributed by atoms with Gasteiger partial charge in [-0.15, -0.1) is 0 Å². The topological polar surface area (TPSA) is 47.6 Å². The summed E-state index contributed by atoms with van der Waals surface area (Å²) in [6.07, 6.45) is 2.16. The van der Waals surface area contributed by atoms with E-state index in [4.69, 9.17) is 9.57 Å². The van der Waals surface area contributed by atoms with Crippen LogP contribution in [0.2, 0.25) is 0 Å². The molecule has 0 aliphatic heterocycles. The third-order valence-corrected chi connectivity index (χ3v) is 4.65. The Kier molecular flexibility index (Phi) is 7.22. The number of benzene rings is 2. The van der Waals surface area contributed by atoms with Gasteiger partial charge in [-0.1, -0.05) is 49.4 Å². The summed E-state index contributed by atoms with van der Waals surface area (Å²) in [6, 6.07) is 16.3. The van der Waals surface area contributed by atoms with Crippen molar-refractivity contribution in [2.45, 2.75) is 40.0 Å². The van der Waals surface area contributed by atoms with E-state index in [9.17, 15) is 4.79 Å². The maximum atomic E-state index is 12.6. The Bertz CT molecular complexity index is 715. The number of rotatable bonds is 9. The molecule has 4 nitrogen and oxygen atoms in total. The fraction of sp³-hybridized carbons (Fsp3) is 0.409. The average molecular weight is 355 g/mol. The largest absolute Gasteiger partial charge is 0.493 e. The quantitative estimate of drug-likeness (QED) is 0.536. The van der Waals surface area contributed by atoms with Crippen LogP contribution in [0.4, 0.5) is 0 Å². The summed E-state index contributed by atoms with van der Waals surface area (Å²) in [5.74, 6) is 0.812. The van der Waals surface area contributed by atoms with Crippen molar-refractivity contribution in [2.75, 3.05) is 13.7 Å². The van der Waals surface area contributed by atoms with Crippen molar-refractivity contribution in [1.82, 2.24) is 5.48 Å². The molecular weight excluding hydrogens is 326 g/mol. The summed E-state index contributed by atoms with van der Waals surface area (Å²) in [4.78, 5) is 17.4. The van der Waals surface area contributed by atoms with E-state index in [2.05, 4.69) is 30.6 Å². The van der Waals surface area contributed by atoms with E-state index in [0.29, 0.717) is 19.4 Å². The van der Waals surface area contributed by atoms with Crippen molar-refractivity contribution < 1.29 is 14.4 Å². The van der Waals surface area contributed by atoms with E-state index in [0.717, 1.165) is 23.3 Å². The highest BCUT2D eigenvalue weighted by atomic mass is 16.6. The van der Waals surface area contributed by atoms with Gasteiger partial charge in [0.2, 0.25) is 5.91 Å². The zero-order chi connectivity index (χ0) is 19.0. The fourth-order valence-corrected chi connectivity index (χ4v) is 3.05. The minimum atomic E-state index is -0.553. The van der Waals surface area contributed by atoms with Gasteiger partial charge in [0.1, 0.15) is 5.75 Å². The van der Waals surface area contributed by atoms with E-state index in [1.54, 1.807) is 0 Å². The summed E-state index contributed by atoms with van der Waals surface area (Å²) in [5, 5.41) is 0. The van der Waals surface area contributed by atoms with E-state index >= 15 is 0 Å². The number of hydroxylamine groups is 1. The molecule has 1 atom stereocenters. The van der Waals surface area contributed by atoms with E-state index in [1.807, 2.05) is 44.2 Å². The van der Waals surface area contributed by atoms with Crippen molar-refractivity contribution in [3.05, 3.63) is 65.2 Å². The van der Waals surface area contributed by atoms with Gasteiger partial charge in [0.05, 0.1) is 19.1 Å². The summed E-state index contributed by atoms with van der Waals surface area (Å²) in [6.45, 7) is 6.65. The molecular formula is C22H29NO3. The number of nitrogens with one attached hydrogen (secondary N) is 1. The minimum absolute atomic E-state index is 0.101. The van der Waals surface area contributed by atoms with Crippen molar-refractivity contribution in [1.29, 1.82) is 0 Å². The Morgan fingerprint density at radius 2 is 1.85 bits per heavy atom. The molecule has 0 aliphatic rings. The Morgan fingerprint density at radius 3 is 2.54 bits per heavy atom. The number of amides is 1. The normalized spacial score (nSPS) is 13.1. The number of hydrogen-bond acceptors (Lipinski definition) is 3. The third-order valence-electron chi connectivity index (χ3n) is 4.65. The molecule has 26 heavy (non-hydrogen) atoms. The van der Waals surface area contributed by atoms with Crippen molar-refractivity contribution in [3.8, 4) is 5.75 Å². The minimum Gasteiger partial charge on any atom is -0.493 e. The van der Waals surface area contributed by atoms with Gasteiger partial charge in [-0.2, -0.15) is 0 Å². The molecule has 1 N–H and O–H groups in total. The molecule has 0 spiro atoms. The van der Waals surface area contributed by atoms with Gasteiger partial charge in [-0.3, -0.25) is 9.63 Å². The maximum Gasteiger partial charge on any atom is 0.249 e. The lowest BCUT2D eigenvalue weighted by Gasteiger charge is -2.28. The highest BCUT2D eigenvalue weighted by Gasteiger charge is 2.33. The molecule has 140 valence electrons. The van der Waals surface area contributed by atoms with Gasteiger partial charge in [0.25, 0.3) is 0 Å². The number of ether oxygens (including phenoxy) is 1. The van der Waals surface area contributed by atoms with E-state index in [-0.39, 0.29) is 5.91 Å². The predicted octanol–water partition coefficient (Wildman–Crippen LogP) is 4.39. The molecule has 0 bridgehead atoms. The van der Waals surface area contributed by atoms with E-state index < -0.39 is 5.41 Å². The molecule has 1 unspecified atom stereocenters. The molecule has 0 aliphatic carbocycles. The molecule has 0 saturated carbocycles. The molecule has 0 saturated heterocycles. The first-order valence-corrected chi connectivity index (χ1v) is 9.02. The Hall–Kier alpha value is -2.33. The van der Waals surface area contributed by atoms with Crippen LogP contribution in [0.1, 0.15) is 36.5 Å². The second kappa shape index (κ2) is 9.39. The van der Waals surface area contributed by atoms with Crippen molar-refractivity contribution >= 4 is 5.91 Å². The lowest BCUT2D eigenvalue weighted by Crippen LogP contribution is -2.40. The monoisotopic (exact) mass is 355 g/mol.